The first-order valence-electron chi connectivity index (χ1n) is 6.30. The quantitative estimate of drug-likeness (QED) is 0.865. The summed E-state index contributed by atoms with van der Waals surface area (Å²) in [6.07, 6.45) is 0.859. The smallest absolute Gasteiger partial charge is 0.132 e. The Morgan fingerprint density at radius 3 is 2.83 bits per heavy atom. The molecule has 0 spiro atoms. The Kier molecular flexibility index (Phi) is 5.44. The van der Waals surface area contributed by atoms with Crippen molar-refractivity contribution in [1.82, 2.24) is 9.97 Å². The van der Waals surface area contributed by atoms with Crippen molar-refractivity contribution in [2.24, 2.45) is 0 Å². The fourth-order valence-electron chi connectivity index (χ4n) is 1.75. The van der Waals surface area contributed by atoms with E-state index in [1.165, 1.54) is 17.3 Å². The molecule has 2 rings (SSSR count). The Bertz CT molecular complexity index is 358. The van der Waals surface area contributed by atoms with Crippen LogP contribution in [-0.2, 0) is 6.42 Å². The van der Waals surface area contributed by atoms with Gasteiger partial charge >= 0.3 is 0 Å². The van der Waals surface area contributed by atoms with Gasteiger partial charge in [-0.25, -0.2) is 9.97 Å². The number of thioether (sulfide) groups is 2. The van der Waals surface area contributed by atoms with Gasteiger partial charge in [-0.3, -0.25) is 0 Å². The lowest BCUT2D eigenvalue weighted by atomic mass is 10.4. The van der Waals surface area contributed by atoms with Crippen molar-refractivity contribution in [2.75, 3.05) is 41.5 Å². The molecule has 6 heteroatoms. The summed E-state index contributed by atoms with van der Waals surface area (Å²) in [6.45, 7) is 3.06. The van der Waals surface area contributed by atoms with Gasteiger partial charge < -0.3 is 10.6 Å². The molecule has 1 aromatic heterocycles. The molecule has 100 valence electrons. The predicted octanol–water partition coefficient (Wildman–Crippen LogP) is 2.34. The number of nitrogens with one attached hydrogen (secondary N) is 2. The summed E-state index contributed by atoms with van der Waals surface area (Å²) < 4.78 is 0. The minimum Gasteiger partial charge on any atom is -0.373 e. The summed E-state index contributed by atoms with van der Waals surface area (Å²) in [5.41, 5.74) is 0. The molecule has 1 aliphatic heterocycles. The van der Waals surface area contributed by atoms with Crippen LogP contribution in [0.15, 0.2) is 6.07 Å². The number of hydrogen-bond donors (Lipinski definition) is 2. The molecule has 1 fully saturated rings. The van der Waals surface area contributed by atoms with Gasteiger partial charge in [-0.2, -0.15) is 23.5 Å². The number of anilines is 2. The van der Waals surface area contributed by atoms with Crippen molar-refractivity contribution < 1.29 is 0 Å². The lowest BCUT2D eigenvalue weighted by molar-refractivity contribution is 0.925. The largest absolute Gasteiger partial charge is 0.373 e. The SMILES string of the molecule is CCc1nc(NC)cc(NCC2CSCCS2)n1. The van der Waals surface area contributed by atoms with Crippen molar-refractivity contribution in [3.05, 3.63) is 11.9 Å². The van der Waals surface area contributed by atoms with Gasteiger partial charge in [-0.15, -0.1) is 0 Å². The van der Waals surface area contributed by atoms with E-state index < -0.39 is 0 Å². The van der Waals surface area contributed by atoms with Gasteiger partial charge in [0.05, 0.1) is 0 Å². The van der Waals surface area contributed by atoms with Crippen LogP contribution in [0.2, 0.25) is 0 Å². The van der Waals surface area contributed by atoms with Gasteiger partial charge in [-0.1, -0.05) is 6.92 Å². The minimum absolute atomic E-state index is 0.696. The van der Waals surface area contributed by atoms with E-state index in [2.05, 4.69) is 39.3 Å². The standard InChI is InChI=1S/C12H20N4S2/c1-3-10-15-11(13-2)6-12(16-10)14-7-9-8-17-4-5-18-9/h6,9H,3-5,7-8H2,1-2H3,(H2,13,14,15,16). The number of aryl methyl sites for hydroxylation is 1. The summed E-state index contributed by atoms with van der Waals surface area (Å²) in [6, 6.07) is 1.97. The van der Waals surface area contributed by atoms with E-state index in [9.17, 15) is 0 Å². The van der Waals surface area contributed by atoms with Crippen LogP contribution in [0.1, 0.15) is 12.7 Å². The third-order valence-corrected chi connectivity index (χ3v) is 5.59. The predicted molar refractivity (Wildman–Crippen MR) is 83.0 cm³/mol. The highest BCUT2D eigenvalue weighted by atomic mass is 32.2. The number of hydrogen-bond acceptors (Lipinski definition) is 6. The zero-order chi connectivity index (χ0) is 12.8. The molecule has 1 aliphatic rings. The van der Waals surface area contributed by atoms with E-state index in [0.29, 0.717) is 5.25 Å². The molecule has 0 saturated carbocycles. The summed E-state index contributed by atoms with van der Waals surface area (Å²) in [5.74, 6) is 6.50. The van der Waals surface area contributed by atoms with Gasteiger partial charge in [0.1, 0.15) is 17.5 Å². The first-order chi connectivity index (χ1) is 8.81. The molecule has 0 radical (unpaired) electrons. The lowest BCUT2D eigenvalue weighted by Gasteiger charge is -2.21. The summed E-state index contributed by atoms with van der Waals surface area (Å²) in [5, 5.41) is 7.21. The number of nitrogens with zero attached hydrogens (tertiary/aromatic N) is 2. The van der Waals surface area contributed by atoms with Gasteiger partial charge in [0.2, 0.25) is 0 Å². The molecule has 1 saturated heterocycles. The van der Waals surface area contributed by atoms with Crippen LogP contribution in [0, 0.1) is 0 Å². The van der Waals surface area contributed by atoms with Crippen molar-refractivity contribution >= 4 is 35.2 Å². The Hall–Kier alpha value is -0.620. The molecule has 2 heterocycles. The van der Waals surface area contributed by atoms with Crippen molar-refractivity contribution in [1.29, 1.82) is 0 Å². The summed E-state index contributed by atoms with van der Waals surface area (Å²) in [7, 11) is 1.89. The average Bonchev–Trinajstić information content (AvgIpc) is 2.45. The Balaban J connectivity index is 1.94. The molecule has 0 aliphatic carbocycles. The topological polar surface area (TPSA) is 49.8 Å². The monoisotopic (exact) mass is 284 g/mol. The van der Waals surface area contributed by atoms with Gasteiger partial charge in [0.15, 0.2) is 0 Å². The van der Waals surface area contributed by atoms with Crippen molar-refractivity contribution in [3.63, 3.8) is 0 Å². The fraction of sp³-hybridized carbons (Fsp3) is 0.667. The third kappa shape index (κ3) is 3.95. The molecule has 1 aromatic rings. The molecule has 4 nitrogen and oxygen atoms in total. The second-order valence-electron chi connectivity index (χ2n) is 4.11. The van der Waals surface area contributed by atoms with Crippen molar-refractivity contribution in [2.45, 2.75) is 18.6 Å². The van der Waals surface area contributed by atoms with E-state index in [1.807, 2.05) is 24.9 Å². The second kappa shape index (κ2) is 7.09. The average molecular weight is 284 g/mol. The molecular formula is C12H20N4S2. The molecule has 1 unspecified atom stereocenters. The number of aromatic nitrogens is 2. The Morgan fingerprint density at radius 2 is 2.17 bits per heavy atom. The van der Waals surface area contributed by atoms with Crippen LogP contribution in [-0.4, -0.2) is 46.1 Å². The van der Waals surface area contributed by atoms with E-state index in [0.717, 1.165) is 30.4 Å². The van der Waals surface area contributed by atoms with Gasteiger partial charge in [0, 0.05) is 48.6 Å². The minimum atomic E-state index is 0.696. The Morgan fingerprint density at radius 1 is 1.33 bits per heavy atom. The normalized spacial score (nSPS) is 19.6. The highest BCUT2D eigenvalue weighted by Gasteiger charge is 2.14. The highest BCUT2D eigenvalue weighted by molar-refractivity contribution is 8.06. The molecule has 1 atom stereocenters. The fourth-order valence-corrected chi connectivity index (χ4v) is 4.36. The van der Waals surface area contributed by atoms with Crippen LogP contribution in [0.5, 0.6) is 0 Å². The van der Waals surface area contributed by atoms with Gasteiger partial charge in [-0.05, 0) is 0 Å². The molecular weight excluding hydrogens is 264 g/mol. The second-order valence-corrected chi connectivity index (χ2v) is 6.66. The van der Waals surface area contributed by atoms with E-state index >= 15 is 0 Å². The van der Waals surface area contributed by atoms with Crippen LogP contribution in [0.3, 0.4) is 0 Å². The number of rotatable bonds is 5. The molecule has 2 N–H and O–H groups in total. The molecule has 18 heavy (non-hydrogen) atoms. The first kappa shape index (κ1) is 13.8. The lowest BCUT2D eigenvalue weighted by Crippen LogP contribution is -2.23. The highest BCUT2D eigenvalue weighted by Crippen LogP contribution is 2.24. The van der Waals surface area contributed by atoms with E-state index in [-0.39, 0.29) is 0 Å². The third-order valence-electron chi connectivity index (χ3n) is 2.74. The zero-order valence-corrected chi connectivity index (χ0v) is 12.5. The van der Waals surface area contributed by atoms with Crippen molar-refractivity contribution in [3.8, 4) is 0 Å². The maximum Gasteiger partial charge on any atom is 0.132 e. The first-order valence-corrected chi connectivity index (χ1v) is 8.51. The zero-order valence-electron chi connectivity index (χ0n) is 10.9. The van der Waals surface area contributed by atoms with E-state index in [4.69, 9.17) is 0 Å². The maximum absolute atomic E-state index is 4.51. The summed E-state index contributed by atoms with van der Waals surface area (Å²) >= 11 is 4.11. The van der Waals surface area contributed by atoms with Crippen LogP contribution < -0.4 is 10.6 Å². The van der Waals surface area contributed by atoms with Crippen LogP contribution >= 0.6 is 23.5 Å². The molecule has 0 aromatic carbocycles. The molecule has 0 bridgehead atoms. The maximum atomic E-state index is 4.51. The molecule has 0 amide bonds. The van der Waals surface area contributed by atoms with Gasteiger partial charge in [0.25, 0.3) is 0 Å². The van der Waals surface area contributed by atoms with Crippen LogP contribution in [0.25, 0.3) is 0 Å². The van der Waals surface area contributed by atoms with E-state index in [1.54, 1.807) is 0 Å². The summed E-state index contributed by atoms with van der Waals surface area (Å²) in [4.78, 5) is 8.90. The Labute approximate surface area is 117 Å². The van der Waals surface area contributed by atoms with Crippen LogP contribution in [0.4, 0.5) is 11.6 Å².